The van der Waals surface area contributed by atoms with E-state index in [0.29, 0.717) is 0 Å². The Kier molecular flexibility index (Phi) is 3.81. The number of hydrogen-bond acceptors (Lipinski definition) is 5. The summed E-state index contributed by atoms with van der Waals surface area (Å²) in [5.41, 5.74) is 11.1. The number of anilines is 2. The molecule has 0 bridgehead atoms. The zero-order chi connectivity index (χ0) is 16.4. The number of aromatic carboxylic acids is 2. The molecule has 112 valence electrons. The Balaban J connectivity index is 2.44. The second-order valence-electron chi connectivity index (χ2n) is 4.54. The predicted molar refractivity (Wildman–Crippen MR) is 79.1 cm³/mol. The van der Waals surface area contributed by atoms with Crippen LogP contribution in [0.2, 0.25) is 0 Å². The molecule has 0 radical (unpaired) electrons. The van der Waals surface area contributed by atoms with E-state index in [9.17, 15) is 14.4 Å². The molecule has 0 fully saturated rings. The molecule has 2 aromatic carbocycles. The molecule has 7 heteroatoms. The van der Waals surface area contributed by atoms with E-state index in [-0.39, 0.29) is 33.6 Å². The second kappa shape index (κ2) is 5.57. The number of nitrogens with two attached hydrogens (primary N) is 2. The van der Waals surface area contributed by atoms with Crippen LogP contribution in [-0.2, 0) is 0 Å². The molecular weight excluding hydrogens is 288 g/mol. The molecule has 0 aliphatic heterocycles. The Hall–Kier alpha value is -3.35. The van der Waals surface area contributed by atoms with Crippen molar-refractivity contribution in [3.63, 3.8) is 0 Å². The van der Waals surface area contributed by atoms with E-state index in [2.05, 4.69) is 0 Å². The fraction of sp³-hybridized carbons (Fsp3) is 0. The zero-order valence-electron chi connectivity index (χ0n) is 11.2. The van der Waals surface area contributed by atoms with E-state index < -0.39 is 17.7 Å². The van der Waals surface area contributed by atoms with Crippen molar-refractivity contribution in [1.29, 1.82) is 0 Å². The van der Waals surface area contributed by atoms with E-state index in [0.717, 1.165) is 0 Å². The number of benzene rings is 2. The quantitative estimate of drug-likeness (QED) is 0.494. The molecule has 0 amide bonds. The van der Waals surface area contributed by atoms with Gasteiger partial charge in [0.25, 0.3) is 0 Å². The molecule has 6 N–H and O–H groups in total. The van der Waals surface area contributed by atoms with Crippen LogP contribution >= 0.6 is 0 Å². The van der Waals surface area contributed by atoms with Gasteiger partial charge in [-0.1, -0.05) is 6.07 Å². The highest BCUT2D eigenvalue weighted by molar-refractivity contribution is 6.11. The van der Waals surface area contributed by atoms with Crippen molar-refractivity contribution >= 4 is 29.1 Å². The maximum Gasteiger partial charge on any atom is 0.337 e. The predicted octanol–water partition coefficient (Wildman–Crippen LogP) is 1.48. The minimum atomic E-state index is -1.24. The van der Waals surface area contributed by atoms with Gasteiger partial charge < -0.3 is 21.7 Å². The highest BCUT2D eigenvalue weighted by Gasteiger charge is 2.16. The molecule has 0 saturated carbocycles. The average molecular weight is 300 g/mol. The maximum absolute atomic E-state index is 12.3. The standard InChI is InChI=1S/C15H12N2O5/c16-11-4-2-7(5-10(11)15(21)22)13(18)8-1-3-9(14(19)20)12(17)6-8/h1-6H,16-17H2,(H,19,20)(H,21,22). The van der Waals surface area contributed by atoms with Crippen LogP contribution in [-0.4, -0.2) is 27.9 Å². The molecule has 0 aliphatic rings. The Morgan fingerprint density at radius 2 is 1.27 bits per heavy atom. The molecule has 0 aliphatic carbocycles. The summed E-state index contributed by atoms with van der Waals surface area (Å²) in [7, 11) is 0. The number of carbonyl (C=O) groups excluding carboxylic acids is 1. The van der Waals surface area contributed by atoms with Gasteiger partial charge in [0.15, 0.2) is 5.78 Å². The summed E-state index contributed by atoms with van der Waals surface area (Å²) in [6.07, 6.45) is 0. The highest BCUT2D eigenvalue weighted by atomic mass is 16.4. The first-order valence-corrected chi connectivity index (χ1v) is 6.11. The first-order chi connectivity index (χ1) is 10.3. The maximum atomic E-state index is 12.3. The number of rotatable bonds is 4. The van der Waals surface area contributed by atoms with Crippen molar-refractivity contribution in [2.75, 3.05) is 11.5 Å². The summed E-state index contributed by atoms with van der Waals surface area (Å²) in [4.78, 5) is 34.2. The molecule has 2 rings (SSSR count). The topological polar surface area (TPSA) is 144 Å². The lowest BCUT2D eigenvalue weighted by Crippen LogP contribution is -2.09. The second-order valence-corrected chi connectivity index (χ2v) is 4.54. The highest BCUT2D eigenvalue weighted by Crippen LogP contribution is 2.20. The minimum Gasteiger partial charge on any atom is -0.478 e. The summed E-state index contributed by atoms with van der Waals surface area (Å²) in [6, 6.07) is 7.67. The molecule has 0 atom stereocenters. The third-order valence-corrected chi connectivity index (χ3v) is 3.09. The number of hydrogen-bond donors (Lipinski definition) is 4. The third-order valence-electron chi connectivity index (χ3n) is 3.09. The lowest BCUT2D eigenvalue weighted by atomic mass is 9.98. The summed E-state index contributed by atoms with van der Waals surface area (Å²) in [5.74, 6) is -2.92. The van der Waals surface area contributed by atoms with Gasteiger partial charge in [-0.15, -0.1) is 0 Å². The zero-order valence-corrected chi connectivity index (χ0v) is 11.2. The monoisotopic (exact) mass is 300 g/mol. The van der Waals surface area contributed by atoms with Crippen LogP contribution in [0, 0.1) is 0 Å². The smallest absolute Gasteiger partial charge is 0.337 e. The van der Waals surface area contributed by atoms with Crippen molar-refractivity contribution in [2.24, 2.45) is 0 Å². The van der Waals surface area contributed by atoms with E-state index in [1.165, 1.54) is 36.4 Å². The van der Waals surface area contributed by atoms with Gasteiger partial charge >= 0.3 is 11.9 Å². The third kappa shape index (κ3) is 2.73. The van der Waals surface area contributed by atoms with E-state index in [4.69, 9.17) is 21.7 Å². The fourth-order valence-electron chi connectivity index (χ4n) is 1.95. The number of carboxylic acids is 2. The molecule has 7 nitrogen and oxygen atoms in total. The van der Waals surface area contributed by atoms with Crippen LogP contribution in [0.4, 0.5) is 11.4 Å². The van der Waals surface area contributed by atoms with Crippen LogP contribution in [0.5, 0.6) is 0 Å². The number of carboxylic acid groups (broad SMARTS) is 2. The largest absolute Gasteiger partial charge is 0.478 e. The molecule has 0 aromatic heterocycles. The molecule has 2 aromatic rings. The Morgan fingerprint density at radius 3 is 1.82 bits per heavy atom. The fourth-order valence-corrected chi connectivity index (χ4v) is 1.95. The molecule has 0 unspecified atom stereocenters. The summed E-state index contributed by atoms with van der Waals surface area (Å²) >= 11 is 0. The Morgan fingerprint density at radius 1 is 0.727 bits per heavy atom. The molecular formula is C15H12N2O5. The number of carbonyl (C=O) groups is 3. The molecule has 0 saturated heterocycles. The van der Waals surface area contributed by atoms with Crippen LogP contribution in [0.25, 0.3) is 0 Å². The summed E-state index contributed by atoms with van der Waals surface area (Å²) < 4.78 is 0. The van der Waals surface area contributed by atoms with Gasteiger partial charge in [0.1, 0.15) is 0 Å². The van der Waals surface area contributed by atoms with Gasteiger partial charge in [0.05, 0.1) is 11.1 Å². The SMILES string of the molecule is Nc1cc(C(=O)c2ccc(N)c(C(=O)O)c2)ccc1C(=O)O. The van der Waals surface area contributed by atoms with Crippen molar-refractivity contribution in [3.8, 4) is 0 Å². The Labute approximate surface area is 124 Å². The van der Waals surface area contributed by atoms with Gasteiger partial charge in [0.2, 0.25) is 0 Å². The van der Waals surface area contributed by atoms with Gasteiger partial charge in [-0.3, -0.25) is 4.79 Å². The summed E-state index contributed by atoms with van der Waals surface area (Å²) in [6.45, 7) is 0. The van der Waals surface area contributed by atoms with Crippen molar-refractivity contribution in [3.05, 3.63) is 58.7 Å². The van der Waals surface area contributed by atoms with Gasteiger partial charge in [-0.2, -0.15) is 0 Å². The van der Waals surface area contributed by atoms with Crippen molar-refractivity contribution < 1.29 is 24.6 Å². The normalized spacial score (nSPS) is 10.2. The first-order valence-electron chi connectivity index (χ1n) is 6.11. The number of nitrogen functional groups attached to an aromatic ring is 2. The van der Waals surface area contributed by atoms with Crippen molar-refractivity contribution in [2.45, 2.75) is 0 Å². The van der Waals surface area contributed by atoms with Crippen LogP contribution in [0.3, 0.4) is 0 Å². The summed E-state index contributed by atoms with van der Waals surface area (Å²) in [5, 5.41) is 17.9. The van der Waals surface area contributed by atoms with Gasteiger partial charge in [-0.25, -0.2) is 9.59 Å². The van der Waals surface area contributed by atoms with Crippen LogP contribution < -0.4 is 11.5 Å². The minimum absolute atomic E-state index is 0.0461. The first kappa shape index (κ1) is 15.0. The lowest BCUT2D eigenvalue weighted by Gasteiger charge is -2.07. The Bertz CT molecular complexity index is 799. The lowest BCUT2D eigenvalue weighted by molar-refractivity contribution is 0.0687. The van der Waals surface area contributed by atoms with Gasteiger partial charge in [-0.05, 0) is 30.3 Å². The van der Waals surface area contributed by atoms with Gasteiger partial charge in [0, 0.05) is 22.5 Å². The van der Waals surface area contributed by atoms with Crippen LogP contribution in [0.1, 0.15) is 36.6 Å². The van der Waals surface area contributed by atoms with E-state index in [1.54, 1.807) is 0 Å². The molecule has 0 spiro atoms. The average Bonchev–Trinajstić information content (AvgIpc) is 2.46. The molecule has 0 heterocycles. The van der Waals surface area contributed by atoms with E-state index >= 15 is 0 Å². The number of ketones is 1. The van der Waals surface area contributed by atoms with Crippen molar-refractivity contribution in [1.82, 2.24) is 0 Å². The van der Waals surface area contributed by atoms with E-state index in [1.807, 2.05) is 0 Å². The van der Waals surface area contributed by atoms with Crippen LogP contribution in [0.15, 0.2) is 36.4 Å². The molecule has 22 heavy (non-hydrogen) atoms.